The van der Waals surface area contributed by atoms with Gasteiger partial charge < -0.3 is 10.0 Å². The average Bonchev–Trinajstić information content (AvgIpc) is 3.22. The monoisotopic (exact) mass is 496 g/mol. The molecule has 0 spiro atoms. The lowest BCUT2D eigenvalue weighted by atomic mass is 9.74. The lowest BCUT2D eigenvalue weighted by molar-refractivity contribution is -0.142. The van der Waals surface area contributed by atoms with Crippen molar-refractivity contribution in [2.24, 2.45) is 0 Å². The van der Waals surface area contributed by atoms with E-state index >= 15 is 0 Å². The van der Waals surface area contributed by atoms with E-state index in [1.807, 2.05) is 54.6 Å². The van der Waals surface area contributed by atoms with Gasteiger partial charge in [-0.15, -0.1) is 0 Å². The van der Waals surface area contributed by atoms with Gasteiger partial charge in [0.25, 0.3) is 5.91 Å². The summed E-state index contributed by atoms with van der Waals surface area (Å²) in [5, 5.41) is 10.5. The Labute approximate surface area is 217 Å². The minimum Gasteiger partial charge on any atom is -0.480 e. The smallest absolute Gasteiger partial charge is 0.318 e. The van der Waals surface area contributed by atoms with E-state index < -0.39 is 23.1 Å². The SMILES string of the molecule is C[C@@H]1CN(C(=O)C(=O)c2ccccc2)CCN1CCCCC1(C(=O)O)c2ccccc2-c2ccccc21. The lowest BCUT2D eigenvalue weighted by Crippen LogP contribution is -2.55. The first-order valence-electron chi connectivity index (χ1n) is 13.0. The van der Waals surface area contributed by atoms with Gasteiger partial charge in [-0.25, -0.2) is 0 Å². The number of ketones is 1. The second-order valence-corrected chi connectivity index (χ2v) is 10.1. The molecule has 0 bridgehead atoms. The van der Waals surface area contributed by atoms with Crippen molar-refractivity contribution in [1.82, 2.24) is 9.80 Å². The normalized spacial score (nSPS) is 18.2. The number of Topliss-reactive ketones (excluding diaryl/α,β-unsaturated/α-hetero) is 1. The number of carbonyl (C=O) groups excluding carboxylic acids is 2. The van der Waals surface area contributed by atoms with E-state index in [9.17, 15) is 19.5 Å². The number of unbranched alkanes of at least 4 members (excludes halogenated alkanes) is 1. The Bertz CT molecular complexity index is 1270. The zero-order chi connectivity index (χ0) is 26.0. The fourth-order valence-corrected chi connectivity index (χ4v) is 6.01. The highest BCUT2D eigenvalue weighted by molar-refractivity contribution is 6.42. The maximum Gasteiger partial charge on any atom is 0.318 e. The van der Waals surface area contributed by atoms with E-state index in [2.05, 4.69) is 11.8 Å². The number of piperazine rings is 1. The van der Waals surface area contributed by atoms with Gasteiger partial charge in [0.05, 0.1) is 0 Å². The number of rotatable bonds is 8. The van der Waals surface area contributed by atoms with Crippen LogP contribution in [0.2, 0.25) is 0 Å². The summed E-state index contributed by atoms with van der Waals surface area (Å²) in [6, 6.07) is 24.5. The first-order valence-corrected chi connectivity index (χ1v) is 13.0. The molecule has 3 aromatic rings. The van der Waals surface area contributed by atoms with Crippen LogP contribution in [0.25, 0.3) is 11.1 Å². The van der Waals surface area contributed by atoms with Crippen molar-refractivity contribution in [3.05, 3.63) is 95.6 Å². The van der Waals surface area contributed by atoms with Crippen molar-refractivity contribution in [2.75, 3.05) is 26.2 Å². The van der Waals surface area contributed by atoms with Crippen molar-refractivity contribution in [1.29, 1.82) is 0 Å². The van der Waals surface area contributed by atoms with Gasteiger partial charge in [-0.2, -0.15) is 0 Å². The zero-order valence-corrected chi connectivity index (χ0v) is 21.1. The predicted octanol–water partition coefficient (Wildman–Crippen LogP) is 4.62. The third kappa shape index (κ3) is 4.46. The second-order valence-electron chi connectivity index (χ2n) is 10.1. The van der Waals surface area contributed by atoms with E-state index in [4.69, 9.17) is 0 Å². The molecule has 6 nitrogen and oxygen atoms in total. The average molecular weight is 497 g/mol. The summed E-state index contributed by atoms with van der Waals surface area (Å²) < 4.78 is 0. The number of aliphatic carboxylic acids is 1. The molecule has 0 unspecified atom stereocenters. The molecule has 1 atom stereocenters. The second kappa shape index (κ2) is 10.3. The highest BCUT2D eigenvalue weighted by Crippen LogP contribution is 2.51. The van der Waals surface area contributed by atoms with Crippen molar-refractivity contribution < 1.29 is 19.5 Å². The van der Waals surface area contributed by atoms with Gasteiger partial charge in [0, 0.05) is 31.2 Å². The summed E-state index contributed by atoms with van der Waals surface area (Å²) in [5.74, 6) is -1.70. The molecule has 1 aliphatic carbocycles. The highest BCUT2D eigenvalue weighted by atomic mass is 16.4. The molecule has 5 rings (SSSR count). The first kappa shape index (κ1) is 24.9. The summed E-state index contributed by atoms with van der Waals surface area (Å²) >= 11 is 0. The van der Waals surface area contributed by atoms with Crippen LogP contribution in [0.5, 0.6) is 0 Å². The number of nitrogens with zero attached hydrogens (tertiary/aromatic N) is 2. The number of hydrogen-bond donors (Lipinski definition) is 1. The third-order valence-electron chi connectivity index (χ3n) is 7.96. The van der Waals surface area contributed by atoms with Crippen LogP contribution >= 0.6 is 0 Å². The molecular weight excluding hydrogens is 464 g/mol. The van der Waals surface area contributed by atoms with Crippen molar-refractivity contribution in [2.45, 2.75) is 37.6 Å². The Kier molecular flexibility index (Phi) is 6.94. The number of hydrogen-bond acceptors (Lipinski definition) is 4. The molecule has 2 aliphatic rings. The molecule has 1 amide bonds. The summed E-state index contributed by atoms with van der Waals surface area (Å²) in [4.78, 5) is 42.1. The Balaban J connectivity index is 1.20. The van der Waals surface area contributed by atoms with E-state index in [0.717, 1.165) is 41.6 Å². The topological polar surface area (TPSA) is 77.9 Å². The van der Waals surface area contributed by atoms with Crippen LogP contribution < -0.4 is 0 Å². The molecule has 3 aromatic carbocycles. The molecular formula is C31H32N2O4. The number of carboxylic acids is 1. The summed E-state index contributed by atoms with van der Waals surface area (Å²) in [6.07, 6.45) is 2.17. The number of amides is 1. The summed E-state index contributed by atoms with van der Waals surface area (Å²) in [5.41, 5.74) is 3.19. The minimum atomic E-state index is -1.03. The van der Waals surface area contributed by atoms with Crippen molar-refractivity contribution >= 4 is 17.7 Å². The minimum absolute atomic E-state index is 0.127. The molecule has 1 saturated heterocycles. The quantitative estimate of drug-likeness (QED) is 0.280. The van der Waals surface area contributed by atoms with Gasteiger partial charge in [0.2, 0.25) is 5.78 Å². The van der Waals surface area contributed by atoms with Gasteiger partial charge >= 0.3 is 5.97 Å². The van der Waals surface area contributed by atoms with Gasteiger partial charge in [0.15, 0.2) is 0 Å². The Morgan fingerprint density at radius 2 is 1.43 bits per heavy atom. The van der Waals surface area contributed by atoms with Crippen LogP contribution in [0, 0.1) is 0 Å². The van der Waals surface area contributed by atoms with E-state index in [1.54, 1.807) is 29.2 Å². The summed E-state index contributed by atoms with van der Waals surface area (Å²) in [6.45, 7) is 4.63. The summed E-state index contributed by atoms with van der Waals surface area (Å²) in [7, 11) is 0. The molecule has 1 fully saturated rings. The van der Waals surface area contributed by atoms with Gasteiger partial charge in [-0.1, -0.05) is 85.3 Å². The molecule has 0 aromatic heterocycles. The molecule has 0 saturated carbocycles. The van der Waals surface area contributed by atoms with Crippen LogP contribution in [0.15, 0.2) is 78.9 Å². The standard InChI is InChI=1S/C31H32N2O4/c1-22-21-33(29(35)28(34)23-11-3-2-4-12-23)20-19-32(22)18-10-9-17-31(30(36)37)26-15-7-5-13-24(26)25-14-6-8-16-27(25)31/h2-8,11-16,22H,9-10,17-21H2,1H3,(H,36,37)/t22-/m1/s1. The van der Waals surface area contributed by atoms with Crippen LogP contribution in [-0.4, -0.2) is 64.8 Å². The molecule has 1 aliphatic heterocycles. The molecule has 6 heteroatoms. The number of carboxylic acid groups (broad SMARTS) is 1. The van der Waals surface area contributed by atoms with Crippen LogP contribution in [0.4, 0.5) is 0 Å². The third-order valence-corrected chi connectivity index (χ3v) is 7.96. The molecule has 1 heterocycles. The molecule has 190 valence electrons. The van der Waals surface area contributed by atoms with Crippen LogP contribution in [0.3, 0.4) is 0 Å². The number of benzene rings is 3. The largest absolute Gasteiger partial charge is 0.480 e. The predicted molar refractivity (Wildman–Crippen MR) is 143 cm³/mol. The number of fused-ring (bicyclic) bond motifs is 3. The van der Waals surface area contributed by atoms with E-state index in [0.29, 0.717) is 31.6 Å². The maximum absolute atomic E-state index is 12.8. The Morgan fingerprint density at radius 3 is 2.03 bits per heavy atom. The zero-order valence-electron chi connectivity index (χ0n) is 21.1. The molecule has 37 heavy (non-hydrogen) atoms. The number of carbonyl (C=O) groups is 3. The molecule has 1 N–H and O–H groups in total. The Morgan fingerprint density at radius 1 is 0.838 bits per heavy atom. The Hall–Kier alpha value is -3.77. The van der Waals surface area contributed by atoms with Crippen molar-refractivity contribution in [3.8, 4) is 11.1 Å². The first-order chi connectivity index (χ1) is 17.9. The van der Waals surface area contributed by atoms with Gasteiger partial charge in [0.1, 0.15) is 5.41 Å². The van der Waals surface area contributed by atoms with Crippen LogP contribution in [-0.2, 0) is 15.0 Å². The van der Waals surface area contributed by atoms with Gasteiger partial charge in [-0.3, -0.25) is 19.3 Å². The fraction of sp³-hybridized carbons (Fsp3) is 0.323. The van der Waals surface area contributed by atoms with E-state index in [-0.39, 0.29) is 6.04 Å². The highest BCUT2D eigenvalue weighted by Gasteiger charge is 2.48. The fourth-order valence-electron chi connectivity index (χ4n) is 6.01. The van der Waals surface area contributed by atoms with Gasteiger partial charge in [-0.05, 0) is 48.6 Å². The van der Waals surface area contributed by atoms with E-state index in [1.165, 1.54) is 0 Å². The maximum atomic E-state index is 12.8. The molecule has 0 radical (unpaired) electrons. The van der Waals surface area contributed by atoms with Crippen molar-refractivity contribution in [3.63, 3.8) is 0 Å². The lowest BCUT2D eigenvalue weighted by Gasteiger charge is -2.39. The van der Waals surface area contributed by atoms with Crippen LogP contribution in [0.1, 0.15) is 47.7 Å².